The molecule has 30 heavy (non-hydrogen) atoms. The van der Waals surface area contributed by atoms with E-state index in [0.29, 0.717) is 13.0 Å². The molecule has 0 spiro atoms. The maximum absolute atomic E-state index is 12.9. The van der Waals surface area contributed by atoms with Crippen molar-refractivity contribution in [1.82, 2.24) is 10.2 Å². The Labute approximate surface area is 178 Å². The summed E-state index contributed by atoms with van der Waals surface area (Å²) in [6, 6.07) is 12.1. The molecule has 2 aromatic rings. The Hall–Kier alpha value is -2.86. The number of hydrogen-bond donors (Lipinski definition) is 1. The number of carbonyl (C=O) groups is 1. The number of amides is 1. The molecule has 0 saturated heterocycles. The molecule has 0 aliphatic rings. The number of likely N-dealkylation sites (N-methyl/N-ethyl adjacent to an activating group) is 1. The zero-order chi connectivity index (χ0) is 21.8. The standard InChI is InChI=1S/C24H31FN2O3/c1-27(18-15-20-8-5-9-22(29-2)24(20)30-3)17-6-16-26-23(28)10-4-7-19-11-13-21(25)14-12-19/h4-5,7-9,11-14H,6,10,15-18H2,1-3H3,(H,26,28). The number of nitrogens with one attached hydrogen (secondary N) is 1. The fourth-order valence-electron chi connectivity index (χ4n) is 3.10. The smallest absolute Gasteiger partial charge is 0.223 e. The van der Waals surface area contributed by atoms with Gasteiger partial charge in [-0.25, -0.2) is 4.39 Å². The molecule has 6 heteroatoms. The van der Waals surface area contributed by atoms with E-state index in [1.165, 1.54) is 12.1 Å². The minimum Gasteiger partial charge on any atom is -0.493 e. The summed E-state index contributed by atoms with van der Waals surface area (Å²) in [5.41, 5.74) is 1.99. The number of methoxy groups -OCH3 is 2. The first kappa shape index (κ1) is 23.4. The van der Waals surface area contributed by atoms with Crippen LogP contribution in [0, 0.1) is 5.82 Å². The number of nitrogens with zero attached hydrogens (tertiary/aromatic N) is 1. The summed E-state index contributed by atoms with van der Waals surface area (Å²) in [4.78, 5) is 14.1. The minimum absolute atomic E-state index is 0.0165. The second-order valence-electron chi connectivity index (χ2n) is 7.07. The first-order valence-electron chi connectivity index (χ1n) is 10.1. The topological polar surface area (TPSA) is 50.8 Å². The lowest BCUT2D eigenvalue weighted by atomic mass is 10.1. The van der Waals surface area contributed by atoms with Crippen LogP contribution < -0.4 is 14.8 Å². The van der Waals surface area contributed by atoms with Crippen LogP contribution in [0.15, 0.2) is 48.5 Å². The summed E-state index contributed by atoms with van der Waals surface area (Å²) in [5.74, 6) is 1.25. The molecular formula is C24H31FN2O3. The normalized spacial score (nSPS) is 11.1. The van der Waals surface area contributed by atoms with Crippen LogP contribution in [-0.2, 0) is 11.2 Å². The highest BCUT2D eigenvalue weighted by molar-refractivity contribution is 5.78. The summed E-state index contributed by atoms with van der Waals surface area (Å²) in [7, 11) is 5.36. The second-order valence-corrected chi connectivity index (χ2v) is 7.07. The number of hydrogen-bond acceptors (Lipinski definition) is 4. The van der Waals surface area contributed by atoms with Gasteiger partial charge in [0.1, 0.15) is 5.82 Å². The summed E-state index contributed by atoms with van der Waals surface area (Å²) in [6.07, 6.45) is 5.65. The number of halogens is 1. The third-order valence-corrected chi connectivity index (χ3v) is 4.77. The van der Waals surface area contributed by atoms with E-state index in [-0.39, 0.29) is 11.7 Å². The van der Waals surface area contributed by atoms with Gasteiger partial charge in [0.15, 0.2) is 11.5 Å². The van der Waals surface area contributed by atoms with Gasteiger partial charge < -0.3 is 19.7 Å². The quantitative estimate of drug-likeness (QED) is 0.535. The van der Waals surface area contributed by atoms with Crippen molar-refractivity contribution in [3.8, 4) is 11.5 Å². The first-order valence-corrected chi connectivity index (χ1v) is 10.1. The molecule has 0 unspecified atom stereocenters. The van der Waals surface area contributed by atoms with E-state index >= 15 is 0 Å². The van der Waals surface area contributed by atoms with Crippen LogP contribution in [0.2, 0.25) is 0 Å². The second kappa shape index (κ2) is 12.6. The molecule has 0 aliphatic carbocycles. The van der Waals surface area contributed by atoms with Gasteiger partial charge in [0, 0.05) is 19.5 Å². The van der Waals surface area contributed by atoms with Crippen molar-refractivity contribution in [2.75, 3.05) is 40.9 Å². The molecule has 162 valence electrons. The first-order chi connectivity index (χ1) is 14.5. The maximum atomic E-state index is 12.9. The zero-order valence-electron chi connectivity index (χ0n) is 18.0. The number of benzene rings is 2. The monoisotopic (exact) mass is 414 g/mol. The SMILES string of the molecule is COc1cccc(CCN(C)CCCNC(=O)CC=Cc2ccc(F)cc2)c1OC. The Morgan fingerprint density at radius 1 is 1.10 bits per heavy atom. The van der Waals surface area contributed by atoms with Crippen molar-refractivity contribution >= 4 is 12.0 Å². The van der Waals surface area contributed by atoms with E-state index in [0.717, 1.165) is 48.6 Å². The van der Waals surface area contributed by atoms with Gasteiger partial charge in [0.25, 0.3) is 0 Å². The Balaban J connectivity index is 1.63. The average molecular weight is 415 g/mol. The van der Waals surface area contributed by atoms with E-state index in [1.807, 2.05) is 18.2 Å². The average Bonchev–Trinajstić information content (AvgIpc) is 2.76. The predicted molar refractivity (Wildman–Crippen MR) is 118 cm³/mol. The molecular weight excluding hydrogens is 383 g/mol. The Kier molecular flexibility index (Phi) is 9.87. The van der Waals surface area contributed by atoms with Crippen LogP contribution in [-0.4, -0.2) is 51.7 Å². The van der Waals surface area contributed by atoms with Crippen molar-refractivity contribution < 1.29 is 18.7 Å². The third kappa shape index (κ3) is 7.87. The van der Waals surface area contributed by atoms with E-state index in [4.69, 9.17) is 9.47 Å². The van der Waals surface area contributed by atoms with Crippen LogP contribution in [0.1, 0.15) is 24.0 Å². The highest BCUT2D eigenvalue weighted by Crippen LogP contribution is 2.30. The molecule has 0 aromatic heterocycles. The molecule has 0 bridgehead atoms. The lowest BCUT2D eigenvalue weighted by molar-refractivity contribution is -0.120. The Bertz CT molecular complexity index is 822. The minimum atomic E-state index is -0.266. The van der Waals surface area contributed by atoms with Gasteiger partial charge in [0.2, 0.25) is 5.91 Å². The lowest BCUT2D eigenvalue weighted by Crippen LogP contribution is -2.28. The van der Waals surface area contributed by atoms with Gasteiger partial charge in [-0.15, -0.1) is 0 Å². The van der Waals surface area contributed by atoms with Gasteiger partial charge in [-0.05, 0) is 55.8 Å². The molecule has 0 radical (unpaired) electrons. The molecule has 0 atom stereocenters. The van der Waals surface area contributed by atoms with Gasteiger partial charge in [-0.2, -0.15) is 0 Å². The number of ether oxygens (including phenoxy) is 2. The van der Waals surface area contributed by atoms with Gasteiger partial charge in [-0.3, -0.25) is 4.79 Å². The van der Waals surface area contributed by atoms with E-state index in [9.17, 15) is 9.18 Å². The molecule has 5 nitrogen and oxygen atoms in total. The van der Waals surface area contributed by atoms with Crippen molar-refractivity contribution in [1.29, 1.82) is 0 Å². The third-order valence-electron chi connectivity index (χ3n) is 4.77. The summed E-state index contributed by atoms with van der Waals surface area (Å²) in [6.45, 7) is 2.41. The molecule has 1 N–H and O–H groups in total. The molecule has 2 rings (SSSR count). The maximum Gasteiger partial charge on any atom is 0.223 e. The van der Waals surface area contributed by atoms with Crippen LogP contribution in [0.25, 0.3) is 6.08 Å². The van der Waals surface area contributed by atoms with Crippen molar-refractivity contribution in [3.05, 3.63) is 65.5 Å². The van der Waals surface area contributed by atoms with Crippen LogP contribution in [0.5, 0.6) is 11.5 Å². The van der Waals surface area contributed by atoms with Crippen molar-refractivity contribution in [2.24, 2.45) is 0 Å². The zero-order valence-corrected chi connectivity index (χ0v) is 18.0. The molecule has 0 fully saturated rings. The Morgan fingerprint density at radius 3 is 2.57 bits per heavy atom. The highest BCUT2D eigenvalue weighted by atomic mass is 19.1. The van der Waals surface area contributed by atoms with Crippen LogP contribution in [0.3, 0.4) is 0 Å². The van der Waals surface area contributed by atoms with E-state index < -0.39 is 0 Å². The number of carbonyl (C=O) groups excluding carboxylic acids is 1. The predicted octanol–water partition coefficient (Wildman–Crippen LogP) is 3.93. The highest BCUT2D eigenvalue weighted by Gasteiger charge is 2.10. The fourth-order valence-corrected chi connectivity index (χ4v) is 3.10. The summed E-state index contributed by atoms with van der Waals surface area (Å²) >= 11 is 0. The fraction of sp³-hybridized carbons (Fsp3) is 0.375. The van der Waals surface area contributed by atoms with Gasteiger partial charge >= 0.3 is 0 Å². The molecule has 0 aliphatic heterocycles. The molecule has 0 saturated carbocycles. The van der Waals surface area contributed by atoms with Crippen LogP contribution in [0.4, 0.5) is 4.39 Å². The van der Waals surface area contributed by atoms with Gasteiger partial charge in [-0.1, -0.05) is 36.4 Å². The largest absolute Gasteiger partial charge is 0.493 e. The summed E-state index contributed by atoms with van der Waals surface area (Å²) < 4.78 is 23.7. The molecule has 2 aromatic carbocycles. The van der Waals surface area contributed by atoms with Crippen molar-refractivity contribution in [3.63, 3.8) is 0 Å². The van der Waals surface area contributed by atoms with Crippen LogP contribution >= 0.6 is 0 Å². The summed E-state index contributed by atoms with van der Waals surface area (Å²) in [5, 5.41) is 2.93. The number of rotatable bonds is 12. The van der Waals surface area contributed by atoms with E-state index in [1.54, 1.807) is 32.4 Å². The van der Waals surface area contributed by atoms with Gasteiger partial charge in [0.05, 0.1) is 14.2 Å². The lowest BCUT2D eigenvalue weighted by Gasteiger charge is -2.18. The molecule has 1 amide bonds. The number of para-hydroxylation sites is 1. The Morgan fingerprint density at radius 2 is 1.87 bits per heavy atom. The van der Waals surface area contributed by atoms with Crippen molar-refractivity contribution in [2.45, 2.75) is 19.3 Å². The van der Waals surface area contributed by atoms with E-state index in [2.05, 4.69) is 23.3 Å². The molecule has 0 heterocycles.